The number of rotatable bonds is 2. The van der Waals surface area contributed by atoms with Gasteiger partial charge >= 0.3 is 6.18 Å². The molecule has 0 amide bonds. The first-order chi connectivity index (χ1) is 7.36. The largest absolute Gasteiger partial charge is 0.425 e. The highest BCUT2D eigenvalue weighted by Crippen LogP contribution is 2.32. The van der Waals surface area contributed by atoms with E-state index in [0.717, 1.165) is 24.3 Å². The summed E-state index contributed by atoms with van der Waals surface area (Å²) in [6.45, 7) is 0. The first-order valence-electron chi connectivity index (χ1n) is 3.98. The maximum Gasteiger partial charge on any atom is 0.425 e. The van der Waals surface area contributed by atoms with E-state index in [1.807, 2.05) is 0 Å². The van der Waals surface area contributed by atoms with Crippen molar-refractivity contribution >= 4 is 17.1 Å². The van der Waals surface area contributed by atoms with E-state index in [1.54, 1.807) is 0 Å². The van der Waals surface area contributed by atoms with Crippen molar-refractivity contribution in [1.82, 2.24) is 0 Å². The first kappa shape index (κ1) is 11.9. The fourth-order valence-corrected chi connectivity index (χ4v) is 1.08. The first-order valence-corrected chi connectivity index (χ1v) is 3.98. The number of alkyl halides is 3. The minimum atomic E-state index is -4.75. The fraction of sp³-hybridized carbons (Fsp3) is 0.111. The molecule has 0 aliphatic heterocycles. The summed E-state index contributed by atoms with van der Waals surface area (Å²) in [6, 6.07) is 3.99. The van der Waals surface area contributed by atoms with Crippen LogP contribution in [0.5, 0.6) is 0 Å². The minimum Gasteiger partial charge on any atom is -0.258 e. The van der Waals surface area contributed by atoms with Gasteiger partial charge in [-0.05, 0) is 5.87 Å². The fourth-order valence-electron chi connectivity index (χ4n) is 1.08. The van der Waals surface area contributed by atoms with Crippen LogP contribution in [0, 0.1) is 15.5 Å². The van der Waals surface area contributed by atoms with Gasteiger partial charge in [0, 0.05) is 17.7 Å². The van der Waals surface area contributed by atoms with Gasteiger partial charge < -0.3 is 0 Å². The van der Waals surface area contributed by atoms with Crippen molar-refractivity contribution in [1.29, 1.82) is 5.41 Å². The van der Waals surface area contributed by atoms with E-state index in [9.17, 15) is 23.3 Å². The molecule has 1 rings (SSSR count). The van der Waals surface area contributed by atoms with Crippen LogP contribution in [-0.4, -0.2) is 17.0 Å². The second-order valence-corrected chi connectivity index (χ2v) is 2.81. The molecular formula is C9H5F3N2O2. The molecule has 0 spiro atoms. The van der Waals surface area contributed by atoms with Crippen LogP contribution in [0.4, 0.5) is 18.9 Å². The molecule has 1 aromatic rings. The van der Waals surface area contributed by atoms with Crippen LogP contribution in [0.3, 0.4) is 0 Å². The van der Waals surface area contributed by atoms with Gasteiger partial charge in [0.2, 0.25) is 0 Å². The number of nitro benzene ring substituents is 1. The molecule has 1 aromatic carbocycles. The number of nitro groups is 1. The summed E-state index contributed by atoms with van der Waals surface area (Å²) in [4.78, 5) is 9.56. The van der Waals surface area contributed by atoms with Crippen LogP contribution in [0.25, 0.3) is 5.57 Å². The standard InChI is InChI=1S/C9H5F3N2O2/c10-9(11,12)8(5-13)6-2-1-3-7(4-6)14(15)16/h1-4,13H. The summed E-state index contributed by atoms with van der Waals surface area (Å²) in [7, 11) is 0. The summed E-state index contributed by atoms with van der Waals surface area (Å²) in [5.41, 5.74) is -2.25. The monoisotopic (exact) mass is 230 g/mol. The summed E-state index contributed by atoms with van der Waals surface area (Å²) >= 11 is 0. The maximum absolute atomic E-state index is 12.3. The quantitative estimate of drug-likeness (QED) is 0.482. The predicted octanol–water partition coefficient (Wildman–Crippen LogP) is 2.79. The number of halogens is 3. The summed E-state index contributed by atoms with van der Waals surface area (Å²) in [5, 5.41) is 16.9. The molecule has 0 saturated heterocycles. The molecule has 7 heteroatoms. The smallest absolute Gasteiger partial charge is 0.258 e. The number of nitrogens with zero attached hydrogens (tertiary/aromatic N) is 1. The molecule has 1 N–H and O–H groups in total. The molecule has 0 radical (unpaired) electrons. The van der Waals surface area contributed by atoms with E-state index in [0.29, 0.717) is 0 Å². The van der Waals surface area contributed by atoms with Gasteiger partial charge in [-0.15, -0.1) is 0 Å². The third-order valence-electron chi connectivity index (χ3n) is 1.75. The molecule has 0 aliphatic rings. The Morgan fingerprint density at radius 2 is 2.06 bits per heavy atom. The topological polar surface area (TPSA) is 67.0 Å². The molecule has 0 atom stereocenters. The number of hydrogen-bond donors (Lipinski definition) is 1. The third kappa shape index (κ3) is 2.46. The van der Waals surface area contributed by atoms with Crippen molar-refractivity contribution in [2.45, 2.75) is 6.18 Å². The highest BCUT2D eigenvalue weighted by molar-refractivity contribution is 5.91. The average molecular weight is 230 g/mol. The van der Waals surface area contributed by atoms with E-state index < -0.39 is 27.9 Å². The molecule has 0 fully saturated rings. The van der Waals surface area contributed by atoms with Gasteiger partial charge in [0.15, 0.2) is 0 Å². The van der Waals surface area contributed by atoms with Crippen LogP contribution in [-0.2, 0) is 0 Å². The van der Waals surface area contributed by atoms with Crippen molar-refractivity contribution in [3.05, 3.63) is 39.9 Å². The maximum atomic E-state index is 12.3. The summed E-state index contributed by atoms with van der Waals surface area (Å²) < 4.78 is 37.0. The molecule has 16 heavy (non-hydrogen) atoms. The van der Waals surface area contributed by atoms with Crippen LogP contribution < -0.4 is 0 Å². The predicted molar refractivity (Wildman–Crippen MR) is 50.3 cm³/mol. The van der Waals surface area contributed by atoms with Gasteiger partial charge in [0.1, 0.15) is 5.57 Å². The number of allylic oxidation sites excluding steroid dienone is 1. The zero-order valence-corrected chi connectivity index (χ0v) is 7.71. The lowest BCUT2D eigenvalue weighted by Crippen LogP contribution is -2.11. The third-order valence-corrected chi connectivity index (χ3v) is 1.75. The van der Waals surface area contributed by atoms with Crippen molar-refractivity contribution in [3.63, 3.8) is 0 Å². The Hall–Kier alpha value is -2.14. The highest BCUT2D eigenvalue weighted by Gasteiger charge is 2.35. The second-order valence-electron chi connectivity index (χ2n) is 2.81. The molecule has 84 valence electrons. The SMILES string of the molecule is N=C=C(c1cccc([N+](=O)[O-])c1)C(F)(F)F. The normalized spacial score (nSPS) is 10.7. The Kier molecular flexibility index (Phi) is 3.10. The van der Waals surface area contributed by atoms with E-state index in [1.165, 1.54) is 5.87 Å². The zero-order chi connectivity index (χ0) is 12.3. The van der Waals surface area contributed by atoms with Crippen molar-refractivity contribution in [2.75, 3.05) is 0 Å². The Labute approximate surface area is 87.7 Å². The Morgan fingerprint density at radius 1 is 1.44 bits per heavy atom. The Morgan fingerprint density at radius 3 is 2.50 bits per heavy atom. The second kappa shape index (κ2) is 4.16. The highest BCUT2D eigenvalue weighted by atomic mass is 19.4. The Balaban J connectivity index is 3.29. The number of hydrogen-bond acceptors (Lipinski definition) is 3. The molecule has 0 heterocycles. The molecule has 0 unspecified atom stereocenters. The van der Waals surface area contributed by atoms with Crippen molar-refractivity contribution in [2.24, 2.45) is 0 Å². The number of benzene rings is 1. The van der Waals surface area contributed by atoms with E-state index in [4.69, 9.17) is 5.41 Å². The van der Waals surface area contributed by atoms with E-state index in [2.05, 4.69) is 0 Å². The molecular weight excluding hydrogens is 225 g/mol. The van der Waals surface area contributed by atoms with E-state index >= 15 is 0 Å². The van der Waals surface area contributed by atoms with Gasteiger partial charge in [0.05, 0.1) is 4.92 Å². The Bertz CT molecular complexity index is 476. The molecule has 0 aliphatic carbocycles. The molecule has 0 bridgehead atoms. The van der Waals surface area contributed by atoms with Gasteiger partial charge in [-0.3, -0.25) is 15.5 Å². The number of nitrogens with one attached hydrogen (secondary N) is 1. The van der Waals surface area contributed by atoms with Gasteiger partial charge in [-0.1, -0.05) is 12.1 Å². The average Bonchev–Trinajstić information content (AvgIpc) is 2.17. The van der Waals surface area contributed by atoms with Gasteiger partial charge in [-0.2, -0.15) is 13.2 Å². The minimum absolute atomic E-state index is 0.447. The van der Waals surface area contributed by atoms with Crippen LogP contribution in [0.1, 0.15) is 5.56 Å². The van der Waals surface area contributed by atoms with Crippen molar-refractivity contribution in [3.8, 4) is 0 Å². The van der Waals surface area contributed by atoms with E-state index in [-0.39, 0.29) is 0 Å². The lowest BCUT2D eigenvalue weighted by atomic mass is 10.1. The summed E-state index contributed by atoms with van der Waals surface area (Å²) in [5.74, 6) is 1.24. The van der Waals surface area contributed by atoms with Gasteiger partial charge in [0.25, 0.3) is 5.69 Å². The molecule has 0 aromatic heterocycles. The number of non-ortho nitro benzene ring substituents is 1. The zero-order valence-electron chi connectivity index (χ0n) is 7.71. The van der Waals surface area contributed by atoms with Crippen LogP contribution >= 0.6 is 0 Å². The van der Waals surface area contributed by atoms with Crippen LogP contribution in [0.15, 0.2) is 24.3 Å². The van der Waals surface area contributed by atoms with Crippen molar-refractivity contribution < 1.29 is 18.1 Å². The molecule has 4 nitrogen and oxygen atoms in total. The van der Waals surface area contributed by atoms with Crippen LogP contribution in [0.2, 0.25) is 0 Å². The molecule has 0 saturated carbocycles. The lowest BCUT2D eigenvalue weighted by molar-refractivity contribution is -0.384. The van der Waals surface area contributed by atoms with Gasteiger partial charge in [-0.25, -0.2) is 0 Å². The lowest BCUT2D eigenvalue weighted by Gasteiger charge is -2.08. The summed E-state index contributed by atoms with van der Waals surface area (Å²) in [6.07, 6.45) is -4.75.